The van der Waals surface area contributed by atoms with Crippen LogP contribution in [-0.2, 0) is 6.54 Å². The van der Waals surface area contributed by atoms with E-state index in [4.69, 9.17) is 23.8 Å². The van der Waals surface area contributed by atoms with Gasteiger partial charge in [-0.05, 0) is 60.1 Å². The number of rotatable bonds is 3. The molecule has 2 heterocycles. The molecule has 0 radical (unpaired) electrons. The molecule has 148 valence electrons. The van der Waals surface area contributed by atoms with Gasteiger partial charge in [-0.15, -0.1) is 11.3 Å². The van der Waals surface area contributed by atoms with Crippen LogP contribution < -0.4 is 5.56 Å². The lowest BCUT2D eigenvalue weighted by atomic mass is 10.1. The first-order valence-corrected chi connectivity index (χ1v) is 11.1. The van der Waals surface area contributed by atoms with Crippen LogP contribution in [0.4, 0.5) is 0 Å². The number of para-hydroxylation sites is 1. The standard InChI is InChI=1S/C24H17ClN2OS2/c1-15-7-2-3-8-17(15)14-26-22-21(16-9-6-10-18(25)13-16)30-24(29)27(22)20-12-5-4-11-19(20)23(26)28/h2-13H,14H2,1H3. The summed E-state index contributed by atoms with van der Waals surface area (Å²) in [5.74, 6) is 0. The van der Waals surface area contributed by atoms with Crippen molar-refractivity contribution in [1.82, 2.24) is 8.97 Å². The summed E-state index contributed by atoms with van der Waals surface area (Å²) in [5.41, 5.74) is 4.81. The molecule has 30 heavy (non-hydrogen) atoms. The first-order valence-electron chi connectivity index (χ1n) is 9.52. The summed E-state index contributed by atoms with van der Waals surface area (Å²) in [4.78, 5) is 14.6. The fraction of sp³-hybridized carbons (Fsp3) is 0.0833. The molecular formula is C24H17ClN2OS2. The number of hydrogen-bond donors (Lipinski definition) is 0. The van der Waals surface area contributed by atoms with Crippen molar-refractivity contribution in [2.75, 3.05) is 0 Å². The minimum absolute atomic E-state index is 0.0232. The Kier molecular flexibility index (Phi) is 4.82. The minimum Gasteiger partial charge on any atom is -0.288 e. The molecule has 0 aliphatic heterocycles. The van der Waals surface area contributed by atoms with Gasteiger partial charge in [0.2, 0.25) is 0 Å². The quantitative estimate of drug-likeness (QED) is 0.286. The normalized spacial score (nSPS) is 11.4. The Labute approximate surface area is 187 Å². The number of hydrogen-bond acceptors (Lipinski definition) is 3. The molecule has 0 saturated heterocycles. The van der Waals surface area contributed by atoms with E-state index in [-0.39, 0.29) is 5.56 Å². The highest BCUT2D eigenvalue weighted by Gasteiger charge is 2.19. The molecule has 5 rings (SSSR count). The van der Waals surface area contributed by atoms with Crippen molar-refractivity contribution in [3.05, 3.63) is 103 Å². The lowest BCUT2D eigenvalue weighted by molar-refractivity contribution is 0.776. The predicted molar refractivity (Wildman–Crippen MR) is 129 cm³/mol. The first-order chi connectivity index (χ1) is 14.5. The number of aromatic nitrogens is 2. The molecule has 0 spiro atoms. The van der Waals surface area contributed by atoms with E-state index in [2.05, 4.69) is 19.1 Å². The molecule has 0 fully saturated rings. The van der Waals surface area contributed by atoms with Crippen LogP contribution in [0, 0.1) is 10.9 Å². The smallest absolute Gasteiger partial charge is 0.261 e. The van der Waals surface area contributed by atoms with Crippen LogP contribution in [0.2, 0.25) is 5.02 Å². The summed E-state index contributed by atoms with van der Waals surface area (Å²) in [6.07, 6.45) is 0. The van der Waals surface area contributed by atoms with E-state index in [0.29, 0.717) is 20.9 Å². The van der Waals surface area contributed by atoms with Crippen molar-refractivity contribution in [3.8, 4) is 10.4 Å². The zero-order valence-electron chi connectivity index (χ0n) is 16.1. The second-order valence-corrected chi connectivity index (χ2v) is 9.28. The van der Waals surface area contributed by atoms with Gasteiger partial charge < -0.3 is 0 Å². The number of nitrogens with zero attached hydrogens (tertiary/aromatic N) is 2. The molecule has 0 unspecified atom stereocenters. The molecule has 0 aliphatic carbocycles. The number of thiazole rings is 1. The molecule has 0 aliphatic rings. The largest absolute Gasteiger partial charge is 0.288 e. The van der Waals surface area contributed by atoms with Crippen LogP contribution in [0.15, 0.2) is 77.6 Å². The lowest BCUT2D eigenvalue weighted by Crippen LogP contribution is -2.24. The van der Waals surface area contributed by atoms with Gasteiger partial charge in [-0.25, -0.2) is 0 Å². The van der Waals surface area contributed by atoms with E-state index in [1.807, 2.05) is 69.6 Å². The van der Waals surface area contributed by atoms with Crippen molar-refractivity contribution in [1.29, 1.82) is 0 Å². The SMILES string of the molecule is Cc1ccccc1Cn1c(=O)c2ccccc2n2c(=S)sc(-c3cccc(Cl)c3)c12. The zero-order valence-corrected chi connectivity index (χ0v) is 18.5. The minimum atomic E-state index is -0.0232. The van der Waals surface area contributed by atoms with Gasteiger partial charge in [0.25, 0.3) is 5.56 Å². The summed E-state index contributed by atoms with van der Waals surface area (Å²) in [7, 11) is 0. The van der Waals surface area contributed by atoms with Gasteiger partial charge in [0, 0.05) is 5.02 Å². The lowest BCUT2D eigenvalue weighted by Gasteiger charge is -2.14. The fourth-order valence-electron chi connectivity index (χ4n) is 3.84. The Morgan fingerprint density at radius 3 is 2.57 bits per heavy atom. The molecular weight excluding hydrogens is 432 g/mol. The summed E-state index contributed by atoms with van der Waals surface area (Å²) < 4.78 is 4.56. The van der Waals surface area contributed by atoms with Crippen LogP contribution in [0.3, 0.4) is 0 Å². The first kappa shape index (κ1) is 19.2. The molecule has 0 atom stereocenters. The van der Waals surface area contributed by atoms with Gasteiger partial charge in [-0.3, -0.25) is 13.8 Å². The third kappa shape index (κ3) is 3.10. The average molecular weight is 449 g/mol. The van der Waals surface area contributed by atoms with E-state index in [9.17, 15) is 4.79 Å². The van der Waals surface area contributed by atoms with Crippen LogP contribution in [0.5, 0.6) is 0 Å². The Morgan fingerprint density at radius 2 is 1.77 bits per heavy atom. The van der Waals surface area contributed by atoms with E-state index < -0.39 is 0 Å². The summed E-state index contributed by atoms with van der Waals surface area (Å²) in [6.45, 7) is 2.54. The summed E-state index contributed by atoms with van der Waals surface area (Å²) in [5, 5.41) is 1.31. The molecule has 0 amide bonds. The number of fused-ring (bicyclic) bond motifs is 3. The number of aryl methyl sites for hydroxylation is 1. The predicted octanol–water partition coefficient (Wildman–Crippen LogP) is 6.72. The second-order valence-electron chi connectivity index (χ2n) is 7.20. The third-order valence-corrected chi connectivity index (χ3v) is 6.99. The van der Waals surface area contributed by atoms with Crippen LogP contribution in [-0.4, -0.2) is 8.97 Å². The van der Waals surface area contributed by atoms with Crippen molar-refractivity contribution in [2.45, 2.75) is 13.5 Å². The molecule has 0 N–H and O–H groups in total. The summed E-state index contributed by atoms with van der Waals surface area (Å²) in [6, 6.07) is 23.5. The maximum Gasteiger partial charge on any atom is 0.261 e. The van der Waals surface area contributed by atoms with Gasteiger partial charge in [0.15, 0.2) is 3.95 Å². The van der Waals surface area contributed by atoms with Gasteiger partial charge in [0.1, 0.15) is 5.65 Å². The topological polar surface area (TPSA) is 26.4 Å². The Morgan fingerprint density at radius 1 is 1.00 bits per heavy atom. The molecule has 6 heteroatoms. The maximum atomic E-state index is 13.6. The highest BCUT2D eigenvalue weighted by Crippen LogP contribution is 2.34. The second kappa shape index (κ2) is 7.51. The Hall–Kier alpha value is -2.73. The van der Waals surface area contributed by atoms with Crippen LogP contribution in [0.25, 0.3) is 27.0 Å². The number of benzene rings is 3. The van der Waals surface area contributed by atoms with Crippen molar-refractivity contribution < 1.29 is 0 Å². The molecule has 3 nitrogen and oxygen atoms in total. The van der Waals surface area contributed by atoms with E-state index in [1.54, 1.807) is 0 Å². The monoisotopic (exact) mass is 448 g/mol. The van der Waals surface area contributed by atoms with Gasteiger partial charge >= 0.3 is 0 Å². The Bertz CT molecular complexity index is 1540. The van der Waals surface area contributed by atoms with E-state index >= 15 is 0 Å². The van der Waals surface area contributed by atoms with Crippen molar-refractivity contribution in [2.24, 2.45) is 0 Å². The molecule has 5 aromatic rings. The molecule has 0 saturated carbocycles. The number of halogens is 1. The van der Waals surface area contributed by atoms with Crippen molar-refractivity contribution >= 4 is 51.7 Å². The highest BCUT2D eigenvalue weighted by molar-refractivity contribution is 7.73. The average Bonchev–Trinajstić information content (AvgIpc) is 3.10. The molecule has 3 aromatic carbocycles. The van der Waals surface area contributed by atoms with Gasteiger partial charge in [-0.1, -0.05) is 60.1 Å². The van der Waals surface area contributed by atoms with Crippen LogP contribution in [0.1, 0.15) is 11.1 Å². The van der Waals surface area contributed by atoms with Crippen LogP contribution >= 0.6 is 35.2 Å². The third-order valence-electron chi connectivity index (χ3n) is 5.34. The van der Waals surface area contributed by atoms with Gasteiger partial charge in [-0.2, -0.15) is 0 Å². The molecule has 2 aromatic heterocycles. The highest BCUT2D eigenvalue weighted by atomic mass is 35.5. The summed E-state index contributed by atoms with van der Waals surface area (Å²) >= 11 is 13.5. The Balaban J connectivity index is 1.93. The maximum absolute atomic E-state index is 13.6. The molecule has 0 bridgehead atoms. The van der Waals surface area contributed by atoms with E-state index in [1.165, 1.54) is 11.3 Å². The fourth-order valence-corrected chi connectivity index (χ4v) is 5.45. The zero-order chi connectivity index (χ0) is 20.8. The van der Waals surface area contributed by atoms with Crippen molar-refractivity contribution in [3.63, 3.8) is 0 Å². The van der Waals surface area contributed by atoms with Gasteiger partial charge in [0.05, 0.1) is 22.3 Å². The van der Waals surface area contributed by atoms with E-state index in [0.717, 1.165) is 32.7 Å².